The zero-order valence-corrected chi connectivity index (χ0v) is 16.4. The number of carbonyl (C=O) groups is 1. The Kier molecular flexibility index (Phi) is 5.52. The average Bonchev–Trinajstić information content (AvgIpc) is 3.19. The predicted octanol–water partition coefficient (Wildman–Crippen LogP) is 0.717. The molecule has 0 spiro atoms. The van der Waals surface area contributed by atoms with Crippen LogP contribution in [0.25, 0.3) is 11.4 Å². The van der Waals surface area contributed by atoms with Crippen molar-refractivity contribution in [2.75, 3.05) is 44.2 Å². The average molecular weight is 392 g/mol. The number of carbonyl (C=O) groups excluding carboxylic acids is 1. The van der Waals surface area contributed by atoms with Crippen LogP contribution in [0.5, 0.6) is 0 Å². The molecule has 1 aromatic heterocycles. The first-order valence-corrected chi connectivity index (χ1v) is 10.4. The highest BCUT2D eigenvalue weighted by Gasteiger charge is 2.40. The number of rotatable bonds is 6. The molecule has 2 aromatic rings. The van der Waals surface area contributed by atoms with E-state index >= 15 is 0 Å². The Morgan fingerprint density at radius 1 is 1.30 bits per heavy atom. The van der Waals surface area contributed by atoms with Crippen molar-refractivity contribution in [3.8, 4) is 11.4 Å². The number of aromatic nitrogens is 2. The van der Waals surface area contributed by atoms with E-state index < -0.39 is 21.9 Å². The third-order valence-electron chi connectivity index (χ3n) is 4.61. The molecule has 27 heavy (non-hydrogen) atoms. The summed E-state index contributed by atoms with van der Waals surface area (Å²) in [5, 5.41) is 2.78. The van der Waals surface area contributed by atoms with Crippen LogP contribution in [-0.2, 0) is 19.4 Å². The number of methoxy groups -OCH3 is 1. The number of sulfone groups is 1. The largest absolute Gasteiger partial charge is 0.378 e. The van der Waals surface area contributed by atoms with E-state index in [4.69, 9.17) is 4.74 Å². The summed E-state index contributed by atoms with van der Waals surface area (Å²) in [6.45, 7) is -0.105. The molecule has 0 radical (unpaired) electrons. The summed E-state index contributed by atoms with van der Waals surface area (Å²) in [6, 6.07) is 6.94. The van der Waals surface area contributed by atoms with Crippen molar-refractivity contribution in [3.05, 3.63) is 36.7 Å². The molecule has 1 fully saturated rings. The summed E-state index contributed by atoms with van der Waals surface area (Å²) < 4.78 is 31.1. The van der Waals surface area contributed by atoms with Crippen LogP contribution in [0, 0.1) is 0 Å². The number of imidazole rings is 1. The Hall–Kier alpha value is -2.39. The van der Waals surface area contributed by atoms with Crippen molar-refractivity contribution >= 4 is 21.4 Å². The van der Waals surface area contributed by atoms with Crippen molar-refractivity contribution in [1.29, 1.82) is 0 Å². The fourth-order valence-electron chi connectivity index (χ4n) is 3.33. The maximum absolute atomic E-state index is 12.2. The number of nitrogens with zero attached hydrogens (tertiary/aromatic N) is 3. The van der Waals surface area contributed by atoms with Gasteiger partial charge in [0.25, 0.3) is 0 Å². The van der Waals surface area contributed by atoms with Gasteiger partial charge in [0.2, 0.25) is 5.91 Å². The van der Waals surface area contributed by atoms with Crippen molar-refractivity contribution < 1.29 is 17.9 Å². The Morgan fingerprint density at radius 2 is 2.00 bits per heavy atom. The summed E-state index contributed by atoms with van der Waals surface area (Å²) in [5.74, 6) is 0.212. The van der Waals surface area contributed by atoms with E-state index in [0.717, 1.165) is 11.3 Å². The van der Waals surface area contributed by atoms with E-state index in [1.54, 1.807) is 12.4 Å². The maximum Gasteiger partial charge on any atom is 0.246 e. The molecule has 1 N–H and O–H groups in total. The highest BCUT2D eigenvalue weighted by molar-refractivity contribution is 7.91. The molecular weight excluding hydrogens is 368 g/mol. The highest BCUT2D eigenvalue weighted by atomic mass is 32.2. The third-order valence-corrected chi connectivity index (χ3v) is 6.33. The number of ether oxygens (including phenoxy) is 1. The van der Waals surface area contributed by atoms with Gasteiger partial charge in [0.1, 0.15) is 12.4 Å². The summed E-state index contributed by atoms with van der Waals surface area (Å²) in [5.41, 5.74) is 1.95. The second-order valence-electron chi connectivity index (χ2n) is 6.85. The highest BCUT2D eigenvalue weighted by Crippen LogP contribution is 2.30. The quantitative estimate of drug-likeness (QED) is 0.779. The molecule has 0 unspecified atom stereocenters. The predicted molar refractivity (Wildman–Crippen MR) is 103 cm³/mol. The van der Waals surface area contributed by atoms with Gasteiger partial charge >= 0.3 is 0 Å². The number of amides is 1. The molecule has 1 saturated heterocycles. The number of benzene rings is 1. The lowest BCUT2D eigenvalue weighted by Crippen LogP contribution is -2.42. The Bertz CT molecular complexity index is 906. The van der Waals surface area contributed by atoms with Gasteiger partial charge in [-0.2, -0.15) is 0 Å². The van der Waals surface area contributed by atoms with Gasteiger partial charge in [-0.1, -0.05) is 0 Å². The van der Waals surface area contributed by atoms with Crippen LogP contribution in [-0.4, -0.2) is 69.2 Å². The van der Waals surface area contributed by atoms with E-state index in [2.05, 4.69) is 10.3 Å². The fraction of sp³-hybridized carbons (Fsp3) is 0.444. The number of hydrogen-bond acceptors (Lipinski definition) is 6. The van der Waals surface area contributed by atoms with Crippen LogP contribution in [0.3, 0.4) is 0 Å². The number of nitrogens with one attached hydrogen (secondary N) is 1. The minimum atomic E-state index is -3.26. The molecule has 1 amide bonds. The molecule has 146 valence electrons. The fourth-order valence-corrected chi connectivity index (χ4v) is 5.24. The molecule has 2 atom stereocenters. The molecule has 1 aliphatic rings. The SMILES string of the molecule is COCC(=O)N[C@@H]1CS(=O)(=O)C[C@H]1n1ccnc1-c1ccc(N(C)C)cc1. The van der Waals surface area contributed by atoms with Crippen LogP contribution >= 0.6 is 0 Å². The molecule has 8 nitrogen and oxygen atoms in total. The smallest absolute Gasteiger partial charge is 0.246 e. The minimum absolute atomic E-state index is 0.0376. The van der Waals surface area contributed by atoms with E-state index in [0.29, 0.717) is 5.82 Å². The molecule has 1 aromatic carbocycles. The molecular formula is C18H24N4O4S. The standard InChI is InChI=1S/C18H24N4O4S/c1-21(2)14-6-4-13(5-7-14)18-19-8-9-22(18)16-12-27(24,25)11-15(16)20-17(23)10-26-3/h4-9,15-16H,10-12H2,1-3H3,(H,20,23)/t15-,16-/m1/s1. The van der Waals surface area contributed by atoms with Gasteiger partial charge in [0.05, 0.1) is 23.6 Å². The lowest BCUT2D eigenvalue weighted by atomic mass is 10.1. The van der Waals surface area contributed by atoms with Gasteiger partial charge in [0.15, 0.2) is 9.84 Å². The topological polar surface area (TPSA) is 93.5 Å². The minimum Gasteiger partial charge on any atom is -0.378 e. The summed E-state index contributed by atoms with van der Waals surface area (Å²) >= 11 is 0. The van der Waals surface area contributed by atoms with E-state index in [1.807, 2.05) is 47.8 Å². The summed E-state index contributed by atoms with van der Waals surface area (Å²) in [4.78, 5) is 18.3. The van der Waals surface area contributed by atoms with Crippen LogP contribution in [0.4, 0.5) is 5.69 Å². The molecule has 0 aliphatic carbocycles. The molecule has 9 heteroatoms. The van der Waals surface area contributed by atoms with Gasteiger partial charge < -0.3 is 19.5 Å². The van der Waals surface area contributed by atoms with Crippen molar-refractivity contribution in [3.63, 3.8) is 0 Å². The van der Waals surface area contributed by atoms with Crippen molar-refractivity contribution in [2.24, 2.45) is 0 Å². The van der Waals surface area contributed by atoms with Gasteiger partial charge in [-0.05, 0) is 24.3 Å². The van der Waals surface area contributed by atoms with Crippen LogP contribution in [0.2, 0.25) is 0 Å². The van der Waals surface area contributed by atoms with E-state index in [9.17, 15) is 13.2 Å². The Morgan fingerprint density at radius 3 is 2.63 bits per heavy atom. The zero-order chi connectivity index (χ0) is 19.6. The molecule has 3 rings (SSSR count). The first-order valence-electron chi connectivity index (χ1n) is 8.60. The first kappa shape index (κ1) is 19.4. The van der Waals surface area contributed by atoms with Gasteiger partial charge in [-0.15, -0.1) is 0 Å². The molecule has 0 saturated carbocycles. The third kappa shape index (κ3) is 4.30. The van der Waals surface area contributed by atoms with E-state index in [-0.39, 0.29) is 24.0 Å². The van der Waals surface area contributed by atoms with Gasteiger partial charge in [-0.3, -0.25) is 4.79 Å². The zero-order valence-electron chi connectivity index (χ0n) is 15.6. The summed E-state index contributed by atoms with van der Waals surface area (Å²) in [7, 11) is 2.10. The Balaban J connectivity index is 1.91. The normalized spacial score (nSPS) is 21.1. The maximum atomic E-state index is 12.2. The van der Waals surface area contributed by atoms with Crippen LogP contribution in [0.15, 0.2) is 36.7 Å². The van der Waals surface area contributed by atoms with Crippen LogP contribution < -0.4 is 10.2 Å². The van der Waals surface area contributed by atoms with E-state index in [1.165, 1.54) is 7.11 Å². The number of anilines is 1. The first-order chi connectivity index (χ1) is 12.8. The lowest BCUT2D eigenvalue weighted by Gasteiger charge is -2.22. The number of hydrogen-bond donors (Lipinski definition) is 1. The van der Waals surface area contributed by atoms with Gasteiger partial charge in [0, 0.05) is 44.8 Å². The molecule has 2 heterocycles. The lowest BCUT2D eigenvalue weighted by molar-refractivity contribution is -0.125. The molecule has 0 bridgehead atoms. The van der Waals surface area contributed by atoms with Gasteiger partial charge in [-0.25, -0.2) is 13.4 Å². The second-order valence-corrected chi connectivity index (χ2v) is 9.00. The van der Waals surface area contributed by atoms with Crippen molar-refractivity contribution in [1.82, 2.24) is 14.9 Å². The Labute approximate surface area is 159 Å². The monoisotopic (exact) mass is 392 g/mol. The summed E-state index contributed by atoms with van der Waals surface area (Å²) in [6.07, 6.45) is 3.41. The van der Waals surface area contributed by atoms with Crippen LogP contribution in [0.1, 0.15) is 6.04 Å². The van der Waals surface area contributed by atoms with Crippen molar-refractivity contribution in [2.45, 2.75) is 12.1 Å². The second kappa shape index (κ2) is 7.69. The molecule has 1 aliphatic heterocycles.